The lowest BCUT2D eigenvalue weighted by atomic mass is 10.1. The Kier molecular flexibility index (Phi) is 5.16. The van der Waals surface area contributed by atoms with Crippen LogP contribution in [0, 0.1) is 6.92 Å². The molecule has 0 aromatic heterocycles. The van der Waals surface area contributed by atoms with Gasteiger partial charge in [-0.1, -0.05) is 48.0 Å². The smallest absolute Gasteiger partial charge is 0.307 e. The number of aryl methyl sites for hydroxylation is 1. The molecule has 156 valence electrons. The Morgan fingerprint density at radius 2 is 1.84 bits per heavy atom. The largest absolute Gasteiger partial charge is 0.326 e. The van der Waals surface area contributed by atoms with Crippen LogP contribution in [0.2, 0.25) is 0 Å². The number of amides is 3. The zero-order valence-corrected chi connectivity index (χ0v) is 18.1. The summed E-state index contributed by atoms with van der Waals surface area (Å²) in [5.74, 6) is 0.504. The van der Waals surface area contributed by atoms with E-state index in [4.69, 9.17) is 0 Å². The van der Waals surface area contributed by atoms with Gasteiger partial charge in [-0.3, -0.25) is 9.69 Å². The molecule has 0 unspecified atom stereocenters. The van der Waals surface area contributed by atoms with Crippen LogP contribution in [0.5, 0.6) is 0 Å². The van der Waals surface area contributed by atoms with E-state index in [1.165, 1.54) is 11.1 Å². The zero-order chi connectivity index (χ0) is 21.4. The van der Waals surface area contributed by atoms with Crippen molar-refractivity contribution in [2.24, 2.45) is 0 Å². The van der Waals surface area contributed by atoms with Crippen molar-refractivity contribution in [1.29, 1.82) is 0 Å². The van der Waals surface area contributed by atoms with Crippen molar-refractivity contribution in [2.45, 2.75) is 24.8 Å². The van der Waals surface area contributed by atoms with E-state index in [9.17, 15) is 9.59 Å². The first kappa shape index (κ1) is 19.7. The van der Waals surface area contributed by atoms with E-state index in [1.54, 1.807) is 16.7 Å². The monoisotopic (exact) mass is 429 g/mol. The average molecular weight is 430 g/mol. The van der Waals surface area contributed by atoms with E-state index in [1.807, 2.05) is 41.3 Å². The van der Waals surface area contributed by atoms with Gasteiger partial charge in [-0.05, 0) is 48.7 Å². The number of fused-ring (bicyclic) bond motifs is 2. The predicted octanol–water partition coefficient (Wildman–Crippen LogP) is 5.23. The molecule has 2 aliphatic heterocycles. The van der Waals surface area contributed by atoms with E-state index in [0.29, 0.717) is 24.5 Å². The maximum absolute atomic E-state index is 12.9. The molecule has 1 N–H and O–H groups in total. The SMILES string of the molecule is Cc1ccc(CN2C(=O)CSc3ccc(NC(=O)N4CCc5ccccc54)cc32)cc1. The van der Waals surface area contributed by atoms with Gasteiger partial charge in [0.15, 0.2) is 0 Å². The van der Waals surface area contributed by atoms with Gasteiger partial charge in [0, 0.05) is 22.8 Å². The number of urea groups is 1. The van der Waals surface area contributed by atoms with Gasteiger partial charge in [0.2, 0.25) is 5.91 Å². The Hall–Kier alpha value is -3.25. The third-order valence-corrected chi connectivity index (χ3v) is 6.79. The molecule has 3 aromatic rings. The molecular weight excluding hydrogens is 406 g/mol. The van der Waals surface area contributed by atoms with Crippen LogP contribution in [0.1, 0.15) is 16.7 Å². The molecule has 0 aliphatic carbocycles. The summed E-state index contributed by atoms with van der Waals surface area (Å²) < 4.78 is 0. The second kappa shape index (κ2) is 8.12. The van der Waals surface area contributed by atoms with Gasteiger partial charge in [-0.15, -0.1) is 11.8 Å². The summed E-state index contributed by atoms with van der Waals surface area (Å²) in [6.45, 7) is 3.24. The standard InChI is InChI=1S/C25H23N3O2S/c1-17-6-8-18(9-7-17)15-28-22-14-20(10-11-23(22)31-16-24(28)29)26-25(30)27-13-12-19-4-2-3-5-21(19)27/h2-11,14H,12-13,15-16H2,1H3,(H,26,30). The van der Waals surface area contributed by atoms with Gasteiger partial charge in [0.1, 0.15) is 0 Å². The molecule has 31 heavy (non-hydrogen) atoms. The summed E-state index contributed by atoms with van der Waals surface area (Å²) in [6, 6.07) is 21.9. The van der Waals surface area contributed by atoms with Crippen molar-refractivity contribution < 1.29 is 9.59 Å². The molecule has 0 saturated carbocycles. The summed E-state index contributed by atoms with van der Waals surface area (Å²) in [6.07, 6.45) is 0.864. The number of hydrogen-bond donors (Lipinski definition) is 1. The number of hydrogen-bond acceptors (Lipinski definition) is 3. The molecule has 0 fully saturated rings. The molecular formula is C25H23N3O2S. The van der Waals surface area contributed by atoms with Crippen LogP contribution in [0.3, 0.4) is 0 Å². The number of nitrogens with zero attached hydrogens (tertiary/aromatic N) is 2. The molecule has 0 radical (unpaired) electrons. The fourth-order valence-corrected chi connectivity index (χ4v) is 4.99. The highest BCUT2D eigenvalue weighted by molar-refractivity contribution is 8.00. The van der Waals surface area contributed by atoms with Crippen LogP contribution in [-0.2, 0) is 17.8 Å². The Morgan fingerprint density at radius 1 is 1.03 bits per heavy atom. The Balaban J connectivity index is 1.39. The Labute approximate surface area is 186 Å². The highest BCUT2D eigenvalue weighted by Crippen LogP contribution is 2.38. The lowest BCUT2D eigenvalue weighted by Gasteiger charge is -2.30. The van der Waals surface area contributed by atoms with Gasteiger partial charge in [0.05, 0.1) is 18.0 Å². The third-order valence-electron chi connectivity index (χ3n) is 5.75. The van der Waals surface area contributed by atoms with Crippen molar-refractivity contribution in [2.75, 3.05) is 27.4 Å². The first-order chi connectivity index (χ1) is 15.1. The number of nitrogens with one attached hydrogen (secondary N) is 1. The van der Waals surface area contributed by atoms with Crippen LogP contribution in [0.4, 0.5) is 21.9 Å². The van der Waals surface area contributed by atoms with Crippen molar-refractivity contribution in [1.82, 2.24) is 0 Å². The van der Waals surface area contributed by atoms with Crippen molar-refractivity contribution in [3.8, 4) is 0 Å². The van der Waals surface area contributed by atoms with Gasteiger partial charge in [-0.2, -0.15) is 0 Å². The average Bonchev–Trinajstić information content (AvgIpc) is 3.21. The lowest BCUT2D eigenvalue weighted by molar-refractivity contribution is -0.116. The summed E-state index contributed by atoms with van der Waals surface area (Å²) in [5, 5.41) is 3.02. The molecule has 2 heterocycles. The fraction of sp³-hybridized carbons (Fsp3) is 0.200. The van der Waals surface area contributed by atoms with Gasteiger partial charge >= 0.3 is 6.03 Å². The Morgan fingerprint density at radius 3 is 2.68 bits per heavy atom. The molecule has 0 spiro atoms. The highest BCUT2D eigenvalue weighted by atomic mass is 32.2. The molecule has 6 heteroatoms. The zero-order valence-electron chi connectivity index (χ0n) is 17.3. The summed E-state index contributed by atoms with van der Waals surface area (Å²) in [4.78, 5) is 30.3. The number of carbonyl (C=O) groups is 2. The minimum Gasteiger partial charge on any atom is -0.307 e. The predicted molar refractivity (Wildman–Crippen MR) is 126 cm³/mol. The molecule has 3 amide bonds. The first-order valence-corrected chi connectivity index (χ1v) is 11.4. The minimum atomic E-state index is -0.148. The molecule has 0 saturated heterocycles. The number of para-hydroxylation sites is 1. The van der Waals surface area contributed by atoms with Gasteiger partial charge in [0.25, 0.3) is 0 Å². The van der Waals surface area contributed by atoms with Gasteiger partial charge in [-0.25, -0.2) is 4.79 Å². The van der Waals surface area contributed by atoms with Crippen LogP contribution < -0.4 is 15.1 Å². The summed E-state index contributed by atoms with van der Waals surface area (Å²) in [7, 11) is 0. The number of rotatable bonds is 3. The second-order valence-electron chi connectivity index (χ2n) is 7.90. The van der Waals surface area contributed by atoms with Crippen LogP contribution >= 0.6 is 11.8 Å². The fourth-order valence-electron chi connectivity index (χ4n) is 4.07. The Bertz CT molecular complexity index is 1160. The van der Waals surface area contributed by atoms with Crippen LogP contribution in [0.25, 0.3) is 0 Å². The van der Waals surface area contributed by atoms with Crippen LogP contribution in [0.15, 0.2) is 71.6 Å². The molecule has 0 atom stereocenters. The number of carbonyl (C=O) groups excluding carboxylic acids is 2. The first-order valence-electron chi connectivity index (χ1n) is 10.4. The van der Waals surface area contributed by atoms with E-state index in [-0.39, 0.29) is 11.9 Å². The molecule has 2 aliphatic rings. The van der Waals surface area contributed by atoms with Gasteiger partial charge < -0.3 is 10.2 Å². The maximum Gasteiger partial charge on any atom is 0.326 e. The van der Waals surface area contributed by atoms with E-state index >= 15 is 0 Å². The van der Waals surface area contributed by atoms with Crippen molar-refractivity contribution in [3.63, 3.8) is 0 Å². The number of thioether (sulfide) groups is 1. The second-order valence-corrected chi connectivity index (χ2v) is 8.91. The van der Waals surface area contributed by atoms with Crippen LogP contribution in [-0.4, -0.2) is 24.2 Å². The topological polar surface area (TPSA) is 52.7 Å². The summed E-state index contributed by atoms with van der Waals surface area (Å²) >= 11 is 1.54. The number of anilines is 3. The molecule has 5 nitrogen and oxygen atoms in total. The summed E-state index contributed by atoms with van der Waals surface area (Å²) in [5.41, 5.74) is 5.97. The van der Waals surface area contributed by atoms with Crippen molar-refractivity contribution >= 4 is 40.8 Å². The third kappa shape index (κ3) is 3.91. The molecule has 3 aromatic carbocycles. The van der Waals surface area contributed by atoms with E-state index in [0.717, 1.165) is 28.3 Å². The van der Waals surface area contributed by atoms with E-state index in [2.05, 4.69) is 42.6 Å². The maximum atomic E-state index is 12.9. The quantitative estimate of drug-likeness (QED) is 0.620. The molecule has 0 bridgehead atoms. The normalized spacial score (nSPS) is 14.9. The lowest BCUT2D eigenvalue weighted by Crippen LogP contribution is -2.35. The number of benzene rings is 3. The minimum absolute atomic E-state index is 0.0787. The van der Waals surface area contributed by atoms with Crippen molar-refractivity contribution in [3.05, 3.63) is 83.4 Å². The molecule has 5 rings (SSSR count). The van der Waals surface area contributed by atoms with E-state index < -0.39 is 0 Å². The highest BCUT2D eigenvalue weighted by Gasteiger charge is 2.27.